The Kier molecular flexibility index (Phi) is 7.65. The molecule has 0 fully saturated rings. The lowest BCUT2D eigenvalue weighted by atomic mass is 10.2. The van der Waals surface area contributed by atoms with Crippen molar-refractivity contribution in [3.8, 4) is 0 Å². The van der Waals surface area contributed by atoms with Crippen LogP contribution in [0.2, 0.25) is 0 Å². The quantitative estimate of drug-likeness (QED) is 0.714. The highest BCUT2D eigenvalue weighted by Gasteiger charge is 2.16. The minimum Gasteiger partial charge on any atom is -0.548 e. The number of carboxylic acid groups (broad SMARTS) is 1. The van der Waals surface area contributed by atoms with E-state index < -0.39 is 30.7 Å². The van der Waals surface area contributed by atoms with Gasteiger partial charge in [-0.15, -0.1) is 0 Å². The molecule has 2 amide bonds. The number of rotatable bonds is 8. The molecular formula is C19H19N2O6-. The van der Waals surface area contributed by atoms with E-state index in [1.165, 1.54) is 0 Å². The van der Waals surface area contributed by atoms with Crippen LogP contribution in [0.4, 0.5) is 9.59 Å². The van der Waals surface area contributed by atoms with Gasteiger partial charge in [-0.1, -0.05) is 60.7 Å². The maximum Gasteiger partial charge on any atom is 0.408 e. The fraction of sp³-hybridized carbons (Fsp3) is 0.211. The van der Waals surface area contributed by atoms with E-state index in [9.17, 15) is 19.5 Å². The van der Waals surface area contributed by atoms with Crippen LogP contribution >= 0.6 is 0 Å². The smallest absolute Gasteiger partial charge is 0.408 e. The molecule has 0 aliphatic rings. The van der Waals surface area contributed by atoms with Crippen LogP contribution < -0.4 is 15.7 Å². The van der Waals surface area contributed by atoms with Gasteiger partial charge in [0.25, 0.3) is 0 Å². The summed E-state index contributed by atoms with van der Waals surface area (Å²) in [7, 11) is 0. The average molecular weight is 371 g/mol. The molecule has 1 atom stereocenters. The molecule has 8 heteroatoms. The van der Waals surface area contributed by atoms with E-state index in [0.29, 0.717) is 0 Å². The van der Waals surface area contributed by atoms with Gasteiger partial charge in [-0.05, 0) is 11.1 Å². The number of carbonyl (C=O) groups is 3. The van der Waals surface area contributed by atoms with Gasteiger partial charge in [0.15, 0.2) is 0 Å². The fourth-order valence-electron chi connectivity index (χ4n) is 2.06. The Morgan fingerprint density at radius 1 is 0.815 bits per heavy atom. The van der Waals surface area contributed by atoms with Crippen LogP contribution in [0.3, 0.4) is 0 Å². The summed E-state index contributed by atoms with van der Waals surface area (Å²) in [5, 5.41) is 15.5. The normalized spacial score (nSPS) is 11.1. The molecule has 0 radical (unpaired) electrons. The van der Waals surface area contributed by atoms with Crippen molar-refractivity contribution >= 4 is 18.2 Å². The summed E-state index contributed by atoms with van der Waals surface area (Å²) in [6.07, 6.45) is -1.75. The molecule has 0 aliphatic heterocycles. The molecule has 0 bridgehead atoms. The highest BCUT2D eigenvalue weighted by Crippen LogP contribution is 2.01. The first-order valence-corrected chi connectivity index (χ1v) is 8.17. The van der Waals surface area contributed by atoms with Crippen molar-refractivity contribution in [3.63, 3.8) is 0 Å². The van der Waals surface area contributed by atoms with Gasteiger partial charge in [0, 0.05) is 6.54 Å². The Morgan fingerprint density at radius 2 is 1.30 bits per heavy atom. The lowest BCUT2D eigenvalue weighted by Crippen LogP contribution is -2.53. The highest BCUT2D eigenvalue weighted by atomic mass is 16.6. The van der Waals surface area contributed by atoms with Gasteiger partial charge in [-0.3, -0.25) is 0 Å². The molecule has 27 heavy (non-hydrogen) atoms. The standard InChI is InChI=1S/C19H20N2O6/c22-17(23)16(21-19(25)27-13-15-9-5-2-6-10-15)11-20-18(24)26-12-14-7-3-1-4-8-14/h1-10,16H,11-13H2,(H,20,24)(H,21,25)(H,22,23)/p-1/t16-/m0/s1. The van der Waals surface area contributed by atoms with E-state index >= 15 is 0 Å². The molecular weight excluding hydrogens is 352 g/mol. The highest BCUT2D eigenvalue weighted by molar-refractivity contribution is 5.79. The third-order valence-corrected chi connectivity index (χ3v) is 3.45. The van der Waals surface area contributed by atoms with Crippen LogP contribution in [0.25, 0.3) is 0 Å². The zero-order chi connectivity index (χ0) is 19.5. The number of nitrogens with one attached hydrogen (secondary N) is 2. The van der Waals surface area contributed by atoms with Gasteiger partial charge in [-0.2, -0.15) is 0 Å². The summed E-state index contributed by atoms with van der Waals surface area (Å²) in [5.74, 6) is -1.56. The van der Waals surface area contributed by atoms with Crippen molar-refractivity contribution in [1.29, 1.82) is 0 Å². The average Bonchev–Trinajstić information content (AvgIpc) is 2.69. The molecule has 0 spiro atoms. The third-order valence-electron chi connectivity index (χ3n) is 3.45. The number of amides is 2. The molecule has 2 rings (SSSR count). The number of alkyl carbamates (subject to hydrolysis) is 2. The van der Waals surface area contributed by atoms with Crippen LogP contribution in [0, 0.1) is 0 Å². The molecule has 0 aromatic heterocycles. The van der Waals surface area contributed by atoms with Crippen molar-refractivity contribution in [2.75, 3.05) is 6.54 Å². The van der Waals surface area contributed by atoms with E-state index in [4.69, 9.17) is 9.47 Å². The molecule has 2 aromatic carbocycles. The Labute approximate surface area is 156 Å². The second-order valence-electron chi connectivity index (χ2n) is 5.52. The first-order valence-electron chi connectivity index (χ1n) is 8.17. The third kappa shape index (κ3) is 7.47. The topological polar surface area (TPSA) is 117 Å². The summed E-state index contributed by atoms with van der Waals surface area (Å²) in [6.45, 7) is -0.384. The number of carbonyl (C=O) groups excluding carboxylic acids is 3. The minimum absolute atomic E-state index is 0.0149. The molecule has 0 heterocycles. The van der Waals surface area contributed by atoms with Crippen LogP contribution in [-0.4, -0.2) is 30.7 Å². The van der Waals surface area contributed by atoms with Crippen LogP contribution in [0.1, 0.15) is 11.1 Å². The molecule has 142 valence electrons. The SMILES string of the molecule is O=C(NC[C@H](NC(=O)OCc1ccccc1)C(=O)[O-])OCc1ccccc1. The molecule has 2 aromatic rings. The van der Waals surface area contributed by atoms with Crippen molar-refractivity contribution in [2.24, 2.45) is 0 Å². The predicted molar refractivity (Wildman–Crippen MR) is 93.2 cm³/mol. The van der Waals surface area contributed by atoms with E-state index in [2.05, 4.69) is 10.6 Å². The summed E-state index contributed by atoms with van der Waals surface area (Å²) in [6, 6.07) is 16.4. The summed E-state index contributed by atoms with van der Waals surface area (Å²) in [4.78, 5) is 34.5. The van der Waals surface area contributed by atoms with Crippen molar-refractivity contribution in [2.45, 2.75) is 19.3 Å². The number of benzene rings is 2. The lowest BCUT2D eigenvalue weighted by molar-refractivity contribution is -0.308. The van der Waals surface area contributed by atoms with Crippen molar-refractivity contribution in [3.05, 3.63) is 71.8 Å². The first-order chi connectivity index (χ1) is 13.0. The maximum absolute atomic E-state index is 11.7. The van der Waals surface area contributed by atoms with Gasteiger partial charge in [0.2, 0.25) is 0 Å². The molecule has 0 saturated heterocycles. The second kappa shape index (κ2) is 10.4. The molecule has 0 unspecified atom stereocenters. The van der Waals surface area contributed by atoms with Gasteiger partial charge >= 0.3 is 12.2 Å². The van der Waals surface area contributed by atoms with Crippen LogP contribution in [0.5, 0.6) is 0 Å². The van der Waals surface area contributed by atoms with Gasteiger partial charge < -0.3 is 30.0 Å². The van der Waals surface area contributed by atoms with Crippen LogP contribution in [0.15, 0.2) is 60.7 Å². The molecule has 0 aliphatic carbocycles. The van der Waals surface area contributed by atoms with Gasteiger partial charge in [0.1, 0.15) is 13.2 Å². The Morgan fingerprint density at radius 3 is 1.78 bits per heavy atom. The zero-order valence-corrected chi connectivity index (χ0v) is 14.4. The second-order valence-corrected chi connectivity index (χ2v) is 5.52. The largest absolute Gasteiger partial charge is 0.548 e. The number of carboxylic acids is 1. The molecule has 0 saturated carbocycles. The minimum atomic E-state index is -1.56. The first kappa shape index (κ1) is 19.8. The number of hydrogen-bond donors (Lipinski definition) is 2. The van der Waals surface area contributed by atoms with Crippen molar-refractivity contribution in [1.82, 2.24) is 10.6 Å². The number of aliphatic carboxylic acids is 1. The van der Waals surface area contributed by atoms with Crippen molar-refractivity contribution < 1.29 is 29.0 Å². The summed E-state index contributed by atoms with van der Waals surface area (Å²) in [5.41, 5.74) is 1.53. The van der Waals surface area contributed by atoms with Crippen LogP contribution in [-0.2, 0) is 27.5 Å². The molecule has 2 N–H and O–H groups in total. The molecule has 8 nitrogen and oxygen atoms in total. The number of hydrogen-bond acceptors (Lipinski definition) is 6. The Hall–Kier alpha value is -3.55. The van der Waals surface area contributed by atoms with E-state index in [-0.39, 0.29) is 13.2 Å². The Bertz CT molecular complexity index is 751. The maximum atomic E-state index is 11.7. The summed E-state index contributed by atoms with van der Waals surface area (Å²) < 4.78 is 9.90. The van der Waals surface area contributed by atoms with E-state index in [1.54, 1.807) is 48.5 Å². The lowest BCUT2D eigenvalue weighted by Gasteiger charge is -2.19. The van der Waals surface area contributed by atoms with E-state index in [0.717, 1.165) is 11.1 Å². The zero-order valence-electron chi connectivity index (χ0n) is 14.4. The van der Waals surface area contributed by atoms with Gasteiger partial charge in [-0.25, -0.2) is 9.59 Å². The summed E-state index contributed by atoms with van der Waals surface area (Å²) >= 11 is 0. The van der Waals surface area contributed by atoms with E-state index in [1.807, 2.05) is 12.1 Å². The predicted octanol–water partition coefficient (Wildman–Crippen LogP) is 0.958. The number of ether oxygens (including phenoxy) is 2. The fourth-order valence-corrected chi connectivity index (χ4v) is 2.06. The monoisotopic (exact) mass is 371 g/mol. The van der Waals surface area contributed by atoms with Gasteiger partial charge in [0.05, 0.1) is 12.0 Å². The Balaban J connectivity index is 1.73.